The van der Waals surface area contributed by atoms with Crippen molar-refractivity contribution >= 4 is 17.7 Å². The van der Waals surface area contributed by atoms with Gasteiger partial charge < -0.3 is 0 Å². The standard InChI is InChI=1S/C6H5ClF3NO/c1-4(11-3-12)2-5(8,9)6(4,7)10/h2H2,1H3. The van der Waals surface area contributed by atoms with Crippen molar-refractivity contribution in [3.05, 3.63) is 0 Å². The zero-order chi connectivity index (χ0) is 9.62. The molecule has 0 bridgehead atoms. The minimum atomic E-state index is -3.62. The Morgan fingerprint density at radius 3 is 2.25 bits per heavy atom. The summed E-state index contributed by atoms with van der Waals surface area (Å²) in [6.07, 6.45) is 0.155. The molecule has 0 amide bonds. The molecule has 1 fully saturated rings. The van der Waals surface area contributed by atoms with Gasteiger partial charge in [0.2, 0.25) is 6.08 Å². The van der Waals surface area contributed by atoms with E-state index < -0.39 is 23.0 Å². The highest BCUT2D eigenvalue weighted by Crippen LogP contribution is 2.60. The van der Waals surface area contributed by atoms with E-state index in [0.29, 0.717) is 0 Å². The van der Waals surface area contributed by atoms with Gasteiger partial charge in [-0.2, -0.15) is 4.99 Å². The van der Waals surface area contributed by atoms with E-state index in [1.807, 2.05) is 0 Å². The zero-order valence-electron chi connectivity index (χ0n) is 6.07. The van der Waals surface area contributed by atoms with Crippen molar-refractivity contribution in [1.82, 2.24) is 0 Å². The molecule has 1 aliphatic rings. The van der Waals surface area contributed by atoms with Crippen molar-refractivity contribution in [2.75, 3.05) is 0 Å². The van der Waals surface area contributed by atoms with Crippen molar-refractivity contribution in [2.24, 2.45) is 4.99 Å². The highest BCUT2D eigenvalue weighted by atomic mass is 35.5. The van der Waals surface area contributed by atoms with Gasteiger partial charge >= 0.3 is 0 Å². The second-order valence-electron chi connectivity index (χ2n) is 2.93. The van der Waals surface area contributed by atoms with Gasteiger partial charge in [-0.1, -0.05) is 11.6 Å². The van der Waals surface area contributed by atoms with Gasteiger partial charge in [-0.05, 0) is 6.92 Å². The topological polar surface area (TPSA) is 29.4 Å². The minimum absolute atomic E-state index is 0.866. The lowest BCUT2D eigenvalue weighted by Crippen LogP contribution is -2.68. The van der Waals surface area contributed by atoms with Gasteiger partial charge in [0.25, 0.3) is 11.1 Å². The van der Waals surface area contributed by atoms with E-state index in [2.05, 4.69) is 4.99 Å². The molecule has 2 nitrogen and oxygen atoms in total. The summed E-state index contributed by atoms with van der Waals surface area (Å²) >= 11 is 4.89. The number of alkyl halides is 4. The maximum atomic E-state index is 13.0. The number of carbonyl (C=O) groups excluding carboxylic acids is 1. The van der Waals surface area contributed by atoms with Gasteiger partial charge in [-0.3, -0.25) is 0 Å². The maximum Gasteiger partial charge on any atom is 0.300 e. The van der Waals surface area contributed by atoms with Crippen molar-refractivity contribution in [2.45, 2.75) is 29.9 Å². The molecule has 12 heavy (non-hydrogen) atoms. The van der Waals surface area contributed by atoms with Crippen LogP contribution in [0.2, 0.25) is 0 Å². The van der Waals surface area contributed by atoms with Crippen LogP contribution in [0, 0.1) is 0 Å². The van der Waals surface area contributed by atoms with Crippen LogP contribution in [0.1, 0.15) is 13.3 Å². The number of hydrogen-bond acceptors (Lipinski definition) is 2. The molecule has 1 aliphatic carbocycles. The lowest BCUT2D eigenvalue weighted by Gasteiger charge is -2.49. The molecule has 0 aromatic heterocycles. The third-order valence-electron chi connectivity index (χ3n) is 1.99. The van der Waals surface area contributed by atoms with Crippen LogP contribution in [0.5, 0.6) is 0 Å². The lowest BCUT2D eigenvalue weighted by atomic mass is 9.72. The second kappa shape index (κ2) is 2.24. The molecule has 68 valence electrons. The average Bonchev–Trinajstić information content (AvgIpc) is 1.86. The monoisotopic (exact) mass is 199 g/mol. The molecule has 0 aliphatic heterocycles. The van der Waals surface area contributed by atoms with Crippen LogP contribution in [0.3, 0.4) is 0 Å². The van der Waals surface area contributed by atoms with Crippen LogP contribution in [0.4, 0.5) is 13.2 Å². The van der Waals surface area contributed by atoms with Crippen LogP contribution in [-0.2, 0) is 4.79 Å². The SMILES string of the molecule is CC1(N=C=O)CC(F)(F)C1(F)Cl. The van der Waals surface area contributed by atoms with Crippen molar-refractivity contribution in [1.29, 1.82) is 0 Å². The van der Waals surface area contributed by atoms with Crippen LogP contribution in [0.25, 0.3) is 0 Å². The number of rotatable bonds is 1. The van der Waals surface area contributed by atoms with Gasteiger partial charge in [0, 0.05) is 6.42 Å². The highest BCUT2D eigenvalue weighted by molar-refractivity contribution is 6.25. The Balaban J connectivity index is 2.98. The Hall–Kier alpha value is -0.540. The quantitative estimate of drug-likeness (QED) is 0.361. The van der Waals surface area contributed by atoms with Crippen molar-refractivity contribution in [3.63, 3.8) is 0 Å². The summed E-state index contributed by atoms with van der Waals surface area (Å²) in [7, 11) is 0. The predicted octanol–water partition coefficient (Wildman–Crippen LogP) is 2.02. The average molecular weight is 200 g/mol. The van der Waals surface area contributed by atoms with Gasteiger partial charge in [0.15, 0.2) is 0 Å². The molecule has 1 saturated carbocycles. The summed E-state index contributed by atoms with van der Waals surface area (Å²) in [5.74, 6) is -3.62. The smallest absolute Gasteiger partial charge is 0.217 e. The molecule has 0 aromatic carbocycles. The zero-order valence-corrected chi connectivity index (χ0v) is 6.83. The largest absolute Gasteiger partial charge is 0.300 e. The first-order chi connectivity index (χ1) is 5.27. The predicted molar refractivity (Wildman–Crippen MR) is 35.8 cm³/mol. The first kappa shape index (κ1) is 9.55. The van der Waals surface area contributed by atoms with E-state index in [4.69, 9.17) is 11.6 Å². The van der Waals surface area contributed by atoms with E-state index in [1.54, 1.807) is 0 Å². The molecule has 0 heterocycles. The van der Waals surface area contributed by atoms with E-state index in [0.717, 1.165) is 13.0 Å². The van der Waals surface area contributed by atoms with Crippen LogP contribution in [0.15, 0.2) is 4.99 Å². The number of nitrogens with zero attached hydrogens (tertiary/aromatic N) is 1. The van der Waals surface area contributed by atoms with E-state index >= 15 is 0 Å². The molecule has 6 heteroatoms. The molecule has 0 radical (unpaired) electrons. The Labute approximate surface area is 71.4 Å². The van der Waals surface area contributed by atoms with Crippen LogP contribution < -0.4 is 0 Å². The number of isocyanates is 1. The molecule has 0 N–H and O–H groups in total. The highest BCUT2D eigenvalue weighted by Gasteiger charge is 2.77. The first-order valence-electron chi connectivity index (χ1n) is 3.11. The Morgan fingerprint density at radius 2 is 2.00 bits per heavy atom. The van der Waals surface area contributed by atoms with E-state index in [1.165, 1.54) is 0 Å². The van der Waals surface area contributed by atoms with Crippen molar-refractivity contribution in [3.8, 4) is 0 Å². The summed E-state index contributed by atoms with van der Waals surface area (Å²) in [6.45, 7) is 1.04. The molecular weight excluding hydrogens is 195 g/mol. The second-order valence-corrected chi connectivity index (χ2v) is 3.45. The summed E-state index contributed by atoms with van der Waals surface area (Å²) in [6, 6.07) is 0. The molecule has 1 rings (SSSR count). The van der Waals surface area contributed by atoms with Crippen LogP contribution >= 0.6 is 11.6 Å². The minimum Gasteiger partial charge on any atom is -0.217 e. The normalized spacial score (nSPS) is 44.4. The molecular formula is C6H5ClF3NO. The number of halogens is 4. The lowest BCUT2D eigenvalue weighted by molar-refractivity contribution is -0.211. The maximum absolute atomic E-state index is 13.0. The summed E-state index contributed by atoms with van der Waals surface area (Å²) < 4.78 is 37.8. The van der Waals surface area contributed by atoms with Crippen molar-refractivity contribution < 1.29 is 18.0 Å². The fourth-order valence-electron chi connectivity index (χ4n) is 1.15. The molecule has 0 spiro atoms. The Bertz CT molecular complexity index is 262. The van der Waals surface area contributed by atoms with Gasteiger partial charge in [0.05, 0.1) is 0 Å². The Kier molecular flexibility index (Phi) is 1.78. The summed E-state index contributed by atoms with van der Waals surface area (Å²) in [4.78, 5) is 12.7. The number of aliphatic imine (C=N–C) groups is 1. The van der Waals surface area contributed by atoms with Gasteiger partial charge in [0.1, 0.15) is 5.54 Å². The molecule has 2 atom stereocenters. The first-order valence-corrected chi connectivity index (χ1v) is 3.49. The summed E-state index contributed by atoms with van der Waals surface area (Å²) in [5.41, 5.74) is -1.85. The van der Waals surface area contributed by atoms with E-state index in [-0.39, 0.29) is 0 Å². The summed E-state index contributed by atoms with van der Waals surface area (Å²) in [5, 5.41) is -3.27. The third-order valence-corrected chi connectivity index (χ3v) is 2.68. The van der Waals surface area contributed by atoms with Crippen LogP contribution in [-0.4, -0.2) is 22.7 Å². The molecule has 0 saturated heterocycles. The third kappa shape index (κ3) is 0.898. The number of hydrogen-bond donors (Lipinski definition) is 0. The molecule has 2 unspecified atom stereocenters. The van der Waals surface area contributed by atoms with E-state index in [9.17, 15) is 18.0 Å². The molecule has 0 aromatic rings. The fourth-order valence-corrected chi connectivity index (χ4v) is 1.33. The van der Waals surface area contributed by atoms with Gasteiger partial charge in [-0.25, -0.2) is 18.0 Å². The Morgan fingerprint density at radius 1 is 1.50 bits per heavy atom. The fraction of sp³-hybridized carbons (Fsp3) is 0.833. The van der Waals surface area contributed by atoms with Gasteiger partial charge in [-0.15, -0.1) is 0 Å².